The molecule has 3 heterocycles. The van der Waals surface area contributed by atoms with E-state index < -0.39 is 11.9 Å². The Hall–Kier alpha value is -2.02. The number of aliphatic carboxylic acids is 1. The monoisotopic (exact) mass is 277 g/mol. The highest BCUT2D eigenvalue weighted by atomic mass is 32.1. The number of likely N-dealkylation sites (tertiary alicyclic amines) is 1. The van der Waals surface area contributed by atoms with E-state index in [9.17, 15) is 9.59 Å². The fraction of sp³-hybridized carbons (Fsp3) is 0.333. The standard InChI is InChI=1S/C12H11N3O3S/c16-11(15-3-1-7(5-15)12(17)18)9-10-8(2-4-19-10)13-6-14-9/h2,4,6-7H,1,3,5H2,(H,17,18). The van der Waals surface area contributed by atoms with Crippen LogP contribution < -0.4 is 0 Å². The van der Waals surface area contributed by atoms with Crippen LogP contribution in [0.3, 0.4) is 0 Å². The molecule has 98 valence electrons. The van der Waals surface area contributed by atoms with Crippen LogP contribution in [-0.4, -0.2) is 44.9 Å². The zero-order valence-electron chi connectivity index (χ0n) is 9.94. The number of fused-ring (bicyclic) bond motifs is 1. The van der Waals surface area contributed by atoms with E-state index in [0.717, 1.165) is 10.2 Å². The van der Waals surface area contributed by atoms with Gasteiger partial charge < -0.3 is 10.0 Å². The zero-order chi connectivity index (χ0) is 13.4. The molecule has 1 N–H and O–H groups in total. The Labute approximate surface area is 112 Å². The summed E-state index contributed by atoms with van der Waals surface area (Å²) in [6, 6.07) is 1.84. The first-order valence-electron chi connectivity index (χ1n) is 5.87. The summed E-state index contributed by atoms with van der Waals surface area (Å²) < 4.78 is 0.756. The van der Waals surface area contributed by atoms with Crippen molar-refractivity contribution in [3.8, 4) is 0 Å². The summed E-state index contributed by atoms with van der Waals surface area (Å²) in [6.07, 6.45) is 1.87. The zero-order valence-corrected chi connectivity index (χ0v) is 10.8. The normalized spacial score (nSPS) is 18.9. The van der Waals surface area contributed by atoms with Crippen LogP contribution in [0.5, 0.6) is 0 Å². The third-order valence-corrected chi connectivity index (χ3v) is 4.18. The number of hydrogen-bond donors (Lipinski definition) is 1. The molecule has 2 aromatic heterocycles. The molecule has 19 heavy (non-hydrogen) atoms. The lowest BCUT2D eigenvalue weighted by Gasteiger charge is -2.15. The van der Waals surface area contributed by atoms with Crippen molar-refractivity contribution in [3.05, 3.63) is 23.5 Å². The van der Waals surface area contributed by atoms with Crippen LogP contribution in [-0.2, 0) is 4.79 Å². The van der Waals surface area contributed by atoms with E-state index in [2.05, 4.69) is 9.97 Å². The van der Waals surface area contributed by atoms with E-state index in [1.807, 2.05) is 11.4 Å². The molecule has 3 rings (SSSR count). The maximum absolute atomic E-state index is 12.4. The Morgan fingerprint density at radius 1 is 1.42 bits per heavy atom. The number of nitrogens with zero attached hydrogens (tertiary/aromatic N) is 3. The molecule has 0 radical (unpaired) electrons. The average molecular weight is 277 g/mol. The van der Waals surface area contributed by atoms with Crippen molar-refractivity contribution in [3.63, 3.8) is 0 Å². The lowest BCUT2D eigenvalue weighted by atomic mass is 10.1. The highest BCUT2D eigenvalue weighted by Gasteiger charge is 2.32. The number of carbonyl (C=O) groups excluding carboxylic acids is 1. The smallest absolute Gasteiger partial charge is 0.308 e. The van der Waals surface area contributed by atoms with Crippen LogP contribution in [0.2, 0.25) is 0 Å². The quantitative estimate of drug-likeness (QED) is 0.892. The predicted octanol–water partition coefficient (Wildman–Crippen LogP) is 1.24. The summed E-state index contributed by atoms with van der Waals surface area (Å²) in [4.78, 5) is 33.0. The molecule has 0 bridgehead atoms. The summed E-state index contributed by atoms with van der Waals surface area (Å²) in [5.41, 5.74) is 1.11. The third kappa shape index (κ3) is 2.06. The van der Waals surface area contributed by atoms with Crippen molar-refractivity contribution in [1.82, 2.24) is 14.9 Å². The van der Waals surface area contributed by atoms with Gasteiger partial charge in [0.2, 0.25) is 0 Å². The minimum atomic E-state index is -0.848. The molecular weight excluding hydrogens is 266 g/mol. The molecular formula is C12H11N3O3S. The molecule has 0 aliphatic carbocycles. The SMILES string of the molecule is O=C(O)C1CCN(C(=O)c2ncnc3ccsc23)C1. The van der Waals surface area contributed by atoms with Gasteiger partial charge in [0, 0.05) is 13.1 Å². The number of carboxylic acid groups (broad SMARTS) is 1. The largest absolute Gasteiger partial charge is 0.481 e. The molecule has 0 aromatic carbocycles. The van der Waals surface area contributed by atoms with Crippen LogP contribution in [0.25, 0.3) is 10.2 Å². The molecule has 1 atom stereocenters. The van der Waals surface area contributed by atoms with Gasteiger partial charge in [0.1, 0.15) is 12.0 Å². The first kappa shape index (κ1) is 12.0. The van der Waals surface area contributed by atoms with Crippen LogP contribution in [0.15, 0.2) is 17.8 Å². The van der Waals surface area contributed by atoms with E-state index in [-0.39, 0.29) is 12.5 Å². The maximum atomic E-state index is 12.4. The Kier molecular flexibility index (Phi) is 2.90. The van der Waals surface area contributed by atoms with Gasteiger partial charge in [-0.3, -0.25) is 9.59 Å². The van der Waals surface area contributed by atoms with E-state index in [1.165, 1.54) is 17.7 Å². The molecule has 1 saturated heterocycles. The number of hydrogen-bond acceptors (Lipinski definition) is 5. The molecule has 0 saturated carbocycles. The summed E-state index contributed by atoms with van der Waals surface area (Å²) in [6.45, 7) is 0.720. The van der Waals surface area contributed by atoms with E-state index in [0.29, 0.717) is 18.7 Å². The highest BCUT2D eigenvalue weighted by Crippen LogP contribution is 2.24. The minimum absolute atomic E-state index is 0.210. The minimum Gasteiger partial charge on any atom is -0.481 e. The third-order valence-electron chi connectivity index (χ3n) is 3.27. The van der Waals surface area contributed by atoms with Crippen LogP contribution in [0.4, 0.5) is 0 Å². The molecule has 7 heteroatoms. The summed E-state index contributed by atoms with van der Waals surface area (Å²) in [7, 11) is 0. The van der Waals surface area contributed by atoms with Crippen LogP contribution >= 0.6 is 11.3 Å². The summed E-state index contributed by atoms with van der Waals surface area (Å²) in [5.74, 6) is -1.53. The van der Waals surface area contributed by atoms with Crippen LogP contribution in [0, 0.1) is 5.92 Å². The fourth-order valence-electron chi connectivity index (χ4n) is 2.24. The van der Waals surface area contributed by atoms with Crippen molar-refractivity contribution in [2.75, 3.05) is 13.1 Å². The number of rotatable bonds is 2. The van der Waals surface area contributed by atoms with Gasteiger partial charge in [0.15, 0.2) is 0 Å². The number of aromatic nitrogens is 2. The van der Waals surface area contributed by atoms with Gasteiger partial charge in [0.25, 0.3) is 5.91 Å². The van der Waals surface area contributed by atoms with Gasteiger partial charge in [-0.25, -0.2) is 9.97 Å². The molecule has 1 aliphatic heterocycles. The van der Waals surface area contributed by atoms with Gasteiger partial charge in [-0.05, 0) is 17.9 Å². The van der Waals surface area contributed by atoms with Gasteiger partial charge in [-0.1, -0.05) is 0 Å². The van der Waals surface area contributed by atoms with Crippen LogP contribution in [0.1, 0.15) is 16.9 Å². The second-order valence-electron chi connectivity index (χ2n) is 4.43. The summed E-state index contributed by atoms with van der Waals surface area (Å²) in [5, 5.41) is 10.8. The predicted molar refractivity (Wildman–Crippen MR) is 69.1 cm³/mol. The van der Waals surface area contributed by atoms with Gasteiger partial charge in [-0.15, -0.1) is 11.3 Å². The Morgan fingerprint density at radius 2 is 2.26 bits per heavy atom. The molecule has 0 spiro atoms. The van der Waals surface area contributed by atoms with Gasteiger partial charge in [-0.2, -0.15) is 0 Å². The Balaban J connectivity index is 1.89. The first-order chi connectivity index (χ1) is 9.16. The lowest BCUT2D eigenvalue weighted by molar-refractivity contribution is -0.141. The summed E-state index contributed by atoms with van der Waals surface area (Å²) >= 11 is 1.42. The molecule has 1 amide bonds. The highest BCUT2D eigenvalue weighted by molar-refractivity contribution is 7.17. The van der Waals surface area contributed by atoms with E-state index in [1.54, 1.807) is 4.90 Å². The number of carbonyl (C=O) groups is 2. The second kappa shape index (κ2) is 4.58. The van der Waals surface area contributed by atoms with Crippen molar-refractivity contribution >= 4 is 33.4 Å². The fourth-order valence-corrected chi connectivity index (χ4v) is 3.06. The molecule has 1 aliphatic rings. The average Bonchev–Trinajstić information content (AvgIpc) is 3.06. The lowest BCUT2D eigenvalue weighted by Crippen LogP contribution is -2.30. The van der Waals surface area contributed by atoms with E-state index in [4.69, 9.17) is 5.11 Å². The Bertz CT molecular complexity index is 654. The van der Waals surface area contributed by atoms with Gasteiger partial charge >= 0.3 is 5.97 Å². The van der Waals surface area contributed by atoms with Crippen molar-refractivity contribution in [2.45, 2.75) is 6.42 Å². The topological polar surface area (TPSA) is 83.4 Å². The van der Waals surface area contributed by atoms with Crippen molar-refractivity contribution in [1.29, 1.82) is 0 Å². The van der Waals surface area contributed by atoms with Gasteiger partial charge in [0.05, 0.1) is 16.1 Å². The molecule has 1 unspecified atom stereocenters. The first-order valence-corrected chi connectivity index (χ1v) is 6.75. The number of carboxylic acids is 1. The maximum Gasteiger partial charge on any atom is 0.308 e. The number of amides is 1. The molecule has 2 aromatic rings. The molecule has 1 fully saturated rings. The van der Waals surface area contributed by atoms with Crippen molar-refractivity contribution in [2.24, 2.45) is 5.92 Å². The Morgan fingerprint density at radius 3 is 3.00 bits per heavy atom. The second-order valence-corrected chi connectivity index (χ2v) is 5.35. The van der Waals surface area contributed by atoms with Crippen molar-refractivity contribution < 1.29 is 14.7 Å². The number of thiophene rings is 1. The molecule has 6 nitrogen and oxygen atoms in total. The van der Waals surface area contributed by atoms with E-state index >= 15 is 0 Å².